The Labute approximate surface area is 89.2 Å². The summed E-state index contributed by atoms with van der Waals surface area (Å²) in [5, 5.41) is 0. The van der Waals surface area contributed by atoms with Crippen LogP contribution in [0.2, 0.25) is 0 Å². The van der Waals surface area contributed by atoms with Crippen LogP contribution in [0, 0.1) is 0 Å². The molecule has 4 nitrogen and oxygen atoms in total. The minimum Gasteiger partial charge on any atom is -0.492 e. The molecule has 0 bridgehead atoms. The second kappa shape index (κ2) is 6.81. The van der Waals surface area contributed by atoms with Gasteiger partial charge in [0.25, 0.3) is 0 Å². The molecule has 0 saturated carbocycles. The van der Waals surface area contributed by atoms with E-state index < -0.39 is 0 Å². The molecule has 0 radical (unpaired) electrons. The van der Waals surface area contributed by atoms with Gasteiger partial charge in [-0.1, -0.05) is 0 Å². The van der Waals surface area contributed by atoms with E-state index in [0.29, 0.717) is 26.1 Å². The van der Waals surface area contributed by atoms with Crippen molar-refractivity contribution in [1.29, 1.82) is 0 Å². The number of carbonyl (C=O) groups is 1. The minimum absolute atomic E-state index is 0.174. The van der Waals surface area contributed by atoms with E-state index in [0.717, 1.165) is 5.75 Å². The quantitative estimate of drug-likeness (QED) is 0.529. The minimum atomic E-state index is -0.174. The molecule has 0 aliphatic carbocycles. The van der Waals surface area contributed by atoms with Crippen molar-refractivity contribution in [3.8, 4) is 5.75 Å². The molecule has 4 heteroatoms. The standard InChI is InChI=1S/C11H15NO3/c1-2-14-11(13)6-4-8-15-10-5-3-7-12-9-10/h3,5,7,9H,2,4,6,8H2,1H3. The maximum atomic E-state index is 11.0. The Morgan fingerprint density at radius 1 is 1.53 bits per heavy atom. The van der Waals surface area contributed by atoms with Crippen LogP contribution in [0.15, 0.2) is 24.5 Å². The average molecular weight is 209 g/mol. The summed E-state index contributed by atoms with van der Waals surface area (Å²) in [6, 6.07) is 3.64. The monoisotopic (exact) mass is 209 g/mol. The predicted molar refractivity (Wildman–Crippen MR) is 55.6 cm³/mol. The van der Waals surface area contributed by atoms with E-state index >= 15 is 0 Å². The molecule has 0 atom stereocenters. The highest BCUT2D eigenvalue weighted by atomic mass is 16.5. The number of aromatic nitrogens is 1. The Kier molecular flexibility index (Phi) is 5.22. The molecule has 0 aliphatic rings. The van der Waals surface area contributed by atoms with Crippen molar-refractivity contribution < 1.29 is 14.3 Å². The largest absolute Gasteiger partial charge is 0.492 e. The Morgan fingerprint density at radius 2 is 2.40 bits per heavy atom. The molecule has 0 aliphatic heterocycles. The lowest BCUT2D eigenvalue weighted by molar-refractivity contribution is -0.143. The van der Waals surface area contributed by atoms with E-state index in [2.05, 4.69) is 4.98 Å². The molecular weight excluding hydrogens is 194 g/mol. The Hall–Kier alpha value is -1.58. The zero-order valence-electron chi connectivity index (χ0n) is 8.81. The zero-order valence-corrected chi connectivity index (χ0v) is 8.81. The van der Waals surface area contributed by atoms with Crippen molar-refractivity contribution in [3.05, 3.63) is 24.5 Å². The zero-order chi connectivity index (χ0) is 10.9. The van der Waals surface area contributed by atoms with Gasteiger partial charge in [0.1, 0.15) is 5.75 Å². The SMILES string of the molecule is CCOC(=O)CCCOc1cccnc1. The van der Waals surface area contributed by atoms with Crippen LogP contribution in [0.25, 0.3) is 0 Å². The molecule has 1 heterocycles. The molecule has 0 unspecified atom stereocenters. The number of carbonyl (C=O) groups excluding carboxylic acids is 1. The van der Waals surface area contributed by atoms with Crippen molar-refractivity contribution in [1.82, 2.24) is 4.98 Å². The smallest absolute Gasteiger partial charge is 0.305 e. The van der Waals surface area contributed by atoms with Gasteiger partial charge in [-0.05, 0) is 25.5 Å². The number of nitrogens with zero attached hydrogens (tertiary/aromatic N) is 1. The first-order chi connectivity index (χ1) is 7.33. The van der Waals surface area contributed by atoms with Crippen LogP contribution in [0.1, 0.15) is 19.8 Å². The van der Waals surface area contributed by atoms with Gasteiger partial charge in [0.15, 0.2) is 0 Å². The molecule has 0 saturated heterocycles. The maximum absolute atomic E-state index is 11.0. The van der Waals surface area contributed by atoms with Crippen LogP contribution >= 0.6 is 0 Å². The topological polar surface area (TPSA) is 48.4 Å². The molecule has 1 aromatic heterocycles. The summed E-state index contributed by atoms with van der Waals surface area (Å²) in [6.07, 6.45) is 4.39. The van der Waals surface area contributed by atoms with E-state index in [4.69, 9.17) is 9.47 Å². The summed E-state index contributed by atoms with van der Waals surface area (Å²) in [5.74, 6) is 0.550. The van der Waals surface area contributed by atoms with Crippen LogP contribution in [0.4, 0.5) is 0 Å². The molecule has 0 aromatic carbocycles. The molecule has 0 amide bonds. The second-order valence-electron chi connectivity index (χ2n) is 2.95. The van der Waals surface area contributed by atoms with Crippen LogP contribution < -0.4 is 4.74 Å². The summed E-state index contributed by atoms with van der Waals surface area (Å²) in [4.78, 5) is 14.9. The first-order valence-corrected chi connectivity index (χ1v) is 5.01. The summed E-state index contributed by atoms with van der Waals surface area (Å²) in [5.41, 5.74) is 0. The normalized spacial score (nSPS) is 9.67. The summed E-state index contributed by atoms with van der Waals surface area (Å²) in [6.45, 7) is 2.73. The van der Waals surface area contributed by atoms with E-state index in [1.807, 2.05) is 6.07 Å². The fourth-order valence-corrected chi connectivity index (χ4v) is 1.07. The Balaban J connectivity index is 2.10. The number of hydrogen-bond acceptors (Lipinski definition) is 4. The number of hydrogen-bond donors (Lipinski definition) is 0. The molecule has 15 heavy (non-hydrogen) atoms. The van der Waals surface area contributed by atoms with Crippen LogP contribution in [-0.4, -0.2) is 24.2 Å². The van der Waals surface area contributed by atoms with Gasteiger partial charge in [0.05, 0.1) is 19.4 Å². The van der Waals surface area contributed by atoms with Gasteiger partial charge < -0.3 is 9.47 Å². The third-order valence-corrected chi connectivity index (χ3v) is 1.73. The van der Waals surface area contributed by atoms with Gasteiger partial charge in [-0.25, -0.2) is 0 Å². The molecule has 0 spiro atoms. The van der Waals surface area contributed by atoms with Crippen molar-refractivity contribution in [3.63, 3.8) is 0 Å². The number of esters is 1. The fourth-order valence-electron chi connectivity index (χ4n) is 1.07. The lowest BCUT2D eigenvalue weighted by Crippen LogP contribution is -2.06. The van der Waals surface area contributed by atoms with Crippen LogP contribution in [-0.2, 0) is 9.53 Å². The predicted octanol–water partition coefficient (Wildman–Crippen LogP) is 1.80. The van der Waals surface area contributed by atoms with Crippen LogP contribution in [0.3, 0.4) is 0 Å². The fraction of sp³-hybridized carbons (Fsp3) is 0.455. The van der Waals surface area contributed by atoms with Gasteiger partial charge >= 0.3 is 5.97 Å². The van der Waals surface area contributed by atoms with E-state index in [-0.39, 0.29) is 5.97 Å². The molecular formula is C11H15NO3. The second-order valence-corrected chi connectivity index (χ2v) is 2.95. The summed E-state index contributed by atoms with van der Waals surface area (Å²) in [7, 11) is 0. The van der Waals surface area contributed by atoms with Crippen molar-refractivity contribution in [2.24, 2.45) is 0 Å². The van der Waals surface area contributed by atoms with Crippen molar-refractivity contribution in [2.45, 2.75) is 19.8 Å². The summed E-state index contributed by atoms with van der Waals surface area (Å²) < 4.78 is 10.2. The first kappa shape index (κ1) is 11.5. The summed E-state index contributed by atoms with van der Waals surface area (Å²) >= 11 is 0. The lowest BCUT2D eigenvalue weighted by Gasteiger charge is -2.04. The lowest BCUT2D eigenvalue weighted by atomic mass is 10.3. The third kappa shape index (κ3) is 5.00. The molecule has 0 fully saturated rings. The molecule has 1 rings (SSSR count). The maximum Gasteiger partial charge on any atom is 0.305 e. The van der Waals surface area contributed by atoms with E-state index in [9.17, 15) is 4.79 Å². The van der Waals surface area contributed by atoms with Gasteiger partial charge in [0.2, 0.25) is 0 Å². The molecule has 82 valence electrons. The highest BCUT2D eigenvalue weighted by Crippen LogP contribution is 2.06. The third-order valence-electron chi connectivity index (χ3n) is 1.73. The number of pyridine rings is 1. The number of ether oxygens (including phenoxy) is 2. The van der Waals surface area contributed by atoms with Gasteiger partial charge in [0, 0.05) is 12.6 Å². The van der Waals surface area contributed by atoms with Crippen molar-refractivity contribution in [2.75, 3.05) is 13.2 Å². The highest BCUT2D eigenvalue weighted by Gasteiger charge is 2.01. The van der Waals surface area contributed by atoms with Gasteiger partial charge in [-0.2, -0.15) is 0 Å². The number of rotatable bonds is 6. The highest BCUT2D eigenvalue weighted by molar-refractivity contribution is 5.69. The van der Waals surface area contributed by atoms with Gasteiger partial charge in [-0.3, -0.25) is 9.78 Å². The molecule has 0 N–H and O–H groups in total. The average Bonchev–Trinajstić information content (AvgIpc) is 2.26. The first-order valence-electron chi connectivity index (χ1n) is 5.01. The van der Waals surface area contributed by atoms with Gasteiger partial charge in [-0.15, -0.1) is 0 Å². The van der Waals surface area contributed by atoms with Crippen LogP contribution in [0.5, 0.6) is 5.75 Å². The Morgan fingerprint density at radius 3 is 3.07 bits per heavy atom. The Bertz CT molecular complexity index is 287. The van der Waals surface area contributed by atoms with E-state index in [1.165, 1.54) is 0 Å². The molecule has 1 aromatic rings. The van der Waals surface area contributed by atoms with Crippen molar-refractivity contribution >= 4 is 5.97 Å². The van der Waals surface area contributed by atoms with E-state index in [1.54, 1.807) is 25.4 Å².